The standard InChI is InChI=1S/C23H25N5O/c29-23(27-12-3-4-13-27)25-20-10-14-28(16-20)22-24-11-9-21(26-22)19-8-7-17-5-1-2-6-18(17)15-19/h1-2,5-9,11,15,20H,3-4,10,12-14,16H2,(H,25,29)/t20-/m0/s1. The van der Waals surface area contributed by atoms with Gasteiger partial charge in [-0.2, -0.15) is 0 Å². The second-order valence-electron chi connectivity index (χ2n) is 7.88. The Bertz CT molecular complexity index is 1030. The number of carbonyl (C=O) groups is 1. The third-order valence-electron chi connectivity index (χ3n) is 5.88. The molecule has 3 aromatic rings. The first kappa shape index (κ1) is 17.9. The first-order chi connectivity index (χ1) is 14.3. The molecule has 0 aliphatic carbocycles. The van der Waals surface area contributed by atoms with Crippen molar-refractivity contribution >= 4 is 22.8 Å². The number of carbonyl (C=O) groups excluding carboxylic acids is 1. The Labute approximate surface area is 170 Å². The molecular weight excluding hydrogens is 362 g/mol. The van der Waals surface area contributed by atoms with E-state index in [1.807, 2.05) is 17.2 Å². The Balaban J connectivity index is 1.30. The highest BCUT2D eigenvalue weighted by Crippen LogP contribution is 2.25. The van der Waals surface area contributed by atoms with E-state index in [4.69, 9.17) is 4.98 Å². The molecule has 2 aliphatic heterocycles. The maximum absolute atomic E-state index is 12.4. The molecule has 6 nitrogen and oxygen atoms in total. The number of likely N-dealkylation sites (tertiary alicyclic amines) is 1. The third-order valence-corrected chi connectivity index (χ3v) is 5.88. The van der Waals surface area contributed by atoms with Gasteiger partial charge in [-0.1, -0.05) is 36.4 Å². The molecule has 2 saturated heterocycles. The topological polar surface area (TPSA) is 61.4 Å². The van der Waals surface area contributed by atoms with Crippen molar-refractivity contribution in [2.24, 2.45) is 0 Å². The summed E-state index contributed by atoms with van der Waals surface area (Å²) in [6, 6.07) is 16.9. The lowest BCUT2D eigenvalue weighted by molar-refractivity contribution is 0.205. The van der Waals surface area contributed by atoms with Gasteiger partial charge in [0.1, 0.15) is 0 Å². The average Bonchev–Trinajstić information content (AvgIpc) is 3.46. The number of urea groups is 1. The lowest BCUT2D eigenvalue weighted by Gasteiger charge is -2.21. The quantitative estimate of drug-likeness (QED) is 0.745. The molecule has 0 bridgehead atoms. The van der Waals surface area contributed by atoms with Crippen LogP contribution in [-0.4, -0.2) is 53.1 Å². The van der Waals surface area contributed by atoms with E-state index < -0.39 is 0 Å². The van der Waals surface area contributed by atoms with E-state index in [2.05, 4.69) is 57.7 Å². The molecule has 1 N–H and O–H groups in total. The lowest BCUT2D eigenvalue weighted by atomic mass is 10.1. The van der Waals surface area contributed by atoms with Crippen molar-refractivity contribution in [3.8, 4) is 11.3 Å². The molecule has 2 fully saturated rings. The molecule has 2 aromatic carbocycles. The number of amides is 2. The zero-order chi connectivity index (χ0) is 19.6. The molecule has 2 aliphatic rings. The first-order valence-corrected chi connectivity index (χ1v) is 10.4. The van der Waals surface area contributed by atoms with Crippen molar-refractivity contribution in [2.75, 3.05) is 31.1 Å². The minimum Gasteiger partial charge on any atom is -0.339 e. The normalized spacial score (nSPS) is 19.1. The number of hydrogen-bond acceptors (Lipinski definition) is 4. The summed E-state index contributed by atoms with van der Waals surface area (Å²) in [5.74, 6) is 0.730. The van der Waals surface area contributed by atoms with Crippen LogP contribution in [0.1, 0.15) is 19.3 Å². The monoisotopic (exact) mass is 387 g/mol. The van der Waals surface area contributed by atoms with Gasteiger partial charge >= 0.3 is 6.03 Å². The maximum Gasteiger partial charge on any atom is 0.317 e. The van der Waals surface area contributed by atoms with Gasteiger partial charge in [0, 0.05) is 44.0 Å². The second kappa shape index (κ2) is 7.70. The summed E-state index contributed by atoms with van der Waals surface area (Å²) >= 11 is 0. The van der Waals surface area contributed by atoms with Crippen LogP contribution < -0.4 is 10.2 Å². The summed E-state index contributed by atoms with van der Waals surface area (Å²) in [6.45, 7) is 3.35. The maximum atomic E-state index is 12.4. The van der Waals surface area contributed by atoms with Crippen LogP contribution in [0.15, 0.2) is 54.7 Å². The van der Waals surface area contributed by atoms with Crippen LogP contribution in [0.4, 0.5) is 10.7 Å². The molecule has 2 amide bonds. The number of rotatable bonds is 3. The largest absolute Gasteiger partial charge is 0.339 e. The average molecular weight is 387 g/mol. The predicted octanol–water partition coefficient (Wildman–Crippen LogP) is 3.68. The molecule has 1 atom stereocenters. The molecule has 3 heterocycles. The Morgan fingerprint density at radius 2 is 1.83 bits per heavy atom. The molecule has 1 aromatic heterocycles. The van der Waals surface area contributed by atoms with Gasteiger partial charge < -0.3 is 15.1 Å². The highest BCUT2D eigenvalue weighted by atomic mass is 16.2. The number of fused-ring (bicyclic) bond motifs is 1. The van der Waals surface area contributed by atoms with Crippen LogP contribution in [0.3, 0.4) is 0 Å². The van der Waals surface area contributed by atoms with E-state index in [-0.39, 0.29) is 12.1 Å². The summed E-state index contributed by atoms with van der Waals surface area (Å²) < 4.78 is 0. The van der Waals surface area contributed by atoms with Gasteiger partial charge in [-0.15, -0.1) is 0 Å². The van der Waals surface area contributed by atoms with Crippen LogP contribution in [-0.2, 0) is 0 Å². The van der Waals surface area contributed by atoms with Gasteiger partial charge in [-0.25, -0.2) is 14.8 Å². The zero-order valence-electron chi connectivity index (χ0n) is 16.4. The van der Waals surface area contributed by atoms with E-state index in [9.17, 15) is 4.79 Å². The fourth-order valence-corrected chi connectivity index (χ4v) is 4.26. The molecule has 5 rings (SSSR count). The van der Waals surface area contributed by atoms with Crippen LogP contribution in [0, 0.1) is 0 Å². The number of aromatic nitrogens is 2. The van der Waals surface area contributed by atoms with E-state index >= 15 is 0 Å². The summed E-state index contributed by atoms with van der Waals surface area (Å²) in [5, 5.41) is 5.61. The van der Waals surface area contributed by atoms with Gasteiger partial charge in [0.2, 0.25) is 5.95 Å². The molecular formula is C23H25N5O. The van der Waals surface area contributed by atoms with Crippen molar-refractivity contribution in [3.05, 3.63) is 54.7 Å². The first-order valence-electron chi connectivity index (χ1n) is 10.4. The van der Waals surface area contributed by atoms with Crippen molar-refractivity contribution in [1.82, 2.24) is 20.2 Å². The highest BCUT2D eigenvalue weighted by Gasteiger charge is 2.28. The zero-order valence-corrected chi connectivity index (χ0v) is 16.4. The Kier molecular flexibility index (Phi) is 4.76. The Morgan fingerprint density at radius 3 is 2.69 bits per heavy atom. The lowest BCUT2D eigenvalue weighted by Crippen LogP contribution is -2.44. The van der Waals surface area contributed by atoms with Crippen LogP contribution in [0.25, 0.3) is 22.0 Å². The Morgan fingerprint density at radius 1 is 1.00 bits per heavy atom. The minimum atomic E-state index is 0.0696. The fourth-order valence-electron chi connectivity index (χ4n) is 4.26. The third kappa shape index (κ3) is 3.75. The number of hydrogen-bond donors (Lipinski definition) is 1. The fraction of sp³-hybridized carbons (Fsp3) is 0.348. The molecule has 0 unspecified atom stereocenters. The molecule has 29 heavy (non-hydrogen) atoms. The molecule has 0 saturated carbocycles. The molecule has 148 valence electrons. The predicted molar refractivity (Wildman–Crippen MR) is 115 cm³/mol. The van der Waals surface area contributed by atoms with Gasteiger partial charge in [0.25, 0.3) is 0 Å². The second-order valence-corrected chi connectivity index (χ2v) is 7.88. The summed E-state index contributed by atoms with van der Waals surface area (Å²) in [5.41, 5.74) is 2.01. The van der Waals surface area contributed by atoms with Crippen molar-refractivity contribution in [3.63, 3.8) is 0 Å². The van der Waals surface area contributed by atoms with E-state index in [0.29, 0.717) is 0 Å². The molecule has 0 spiro atoms. The Hall–Kier alpha value is -3.15. The van der Waals surface area contributed by atoms with Crippen molar-refractivity contribution < 1.29 is 4.79 Å². The van der Waals surface area contributed by atoms with Gasteiger partial charge in [-0.3, -0.25) is 0 Å². The van der Waals surface area contributed by atoms with Gasteiger partial charge in [0.15, 0.2) is 0 Å². The number of anilines is 1. The highest BCUT2D eigenvalue weighted by molar-refractivity contribution is 5.86. The van der Waals surface area contributed by atoms with Crippen LogP contribution in [0.5, 0.6) is 0 Å². The number of benzene rings is 2. The summed E-state index contributed by atoms with van der Waals surface area (Å²) in [4.78, 5) is 25.7. The smallest absolute Gasteiger partial charge is 0.317 e. The van der Waals surface area contributed by atoms with Crippen molar-refractivity contribution in [1.29, 1.82) is 0 Å². The van der Waals surface area contributed by atoms with Gasteiger partial charge in [-0.05, 0) is 42.2 Å². The number of nitrogens with zero attached hydrogens (tertiary/aromatic N) is 4. The minimum absolute atomic E-state index is 0.0696. The van der Waals surface area contributed by atoms with Gasteiger partial charge in [0.05, 0.1) is 5.69 Å². The SMILES string of the molecule is O=C(N[C@H]1CCN(c2nccc(-c3ccc4ccccc4c3)n2)C1)N1CCCC1. The van der Waals surface area contributed by atoms with Crippen LogP contribution in [0.2, 0.25) is 0 Å². The molecule has 0 radical (unpaired) electrons. The van der Waals surface area contributed by atoms with E-state index in [1.54, 1.807) is 0 Å². The molecule has 6 heteroatoms. The van der Waals surface area contributed by atoms with Crippen LogP contribution >= 0.6 is 0 Å². The van der Waals surface area contributed by atoms with Crippen molar-refractivity contribution in [2.45, 2.75) is 25.3 Å². The summed E-state index contributed by atoms with van der Waals surface area (Å²) in [7, 11) is 0. The van der Waals surface area contributed by atoms with E-state index in [0.717, 1.165) is 62.6 Å². The number of nitrogens with one attached hydrogen (secondary N) is 1. The van der Waals surface area contributed by atoms with E-state index in [1.165, 1.54) is 10.8 Å². The summed E-state index contributed by atoms with van der Waals surface area (Å²) in [6.07, 6.45) is 4.96.